The summed E-state index contributed by atoms with van der Waals surface area (Å²) in [6.45, 7) is 2.02. The van der Waals surface area contributed by atoms with E-state index in [0.717, 1.165) is 20.1 Å². The molecule has 0 amide bonds. The van der Waals surface area contributed by atoms with Crippen LogP contribution in [0.25, 0.3) is 0 Å². The van der Waals surface area contributed by atoms with Crippen LogP contribution in [0.4, 0.5) is 0 Å². The summed E-state index contributed by atoms with van der Waals surface area (Å²) < 4.78 is 6.66. The highest BCUT2D eigenvalue weighted by atomic mass is 79.9. The lowest BCUT2D eigenvalue weighted by atomic mass is 10.1. The van der Waals surface area contributed by atoms with Gasteiger partial charge in [-0.2, -0.15) is 0 Å². The number of alkyl halides is 1. The molecule has 0 saturated carbocycles. The van der Waals surface area contributed by atoms with Gasteiger partial charge in [-0.05, 0) is 36.6 Å². The van der Waals surface area contributed by atoms with Crippen LogP contribution in [-0.4, -0.2) is 17.9 Å². The molecule has 1 rings (SSSR count). The first-order chi connectivity index (χ1) is 7.45. The summed E-state index contributed by atoms with van der Waals surface area (Å²) >= 11 is 10.3. The van der Waals surface area contributed by atoms with E-state index in [1.807, 2.05) is 19.1 Å². The van der Waals surface area contributed by atoms with E-state index in [4.69, 9.17) is 0 Å². The molecule has 0 radical (unpaired) electrons. The Morgan fingerprint density at radius 2 is 1.88 bits per heavy atom. The van der Waals surface area contributed by atoms with Crippen molar-refractivity contribution in [2.45, 2.75) is 18.2 Å². The third kappa shape index (κ3) is 3.57. The molecule has 0 spiro atoms. The lowest BCUT2D eigenvalue weighted by molar-refractivity contribution is -0.139. The molecular formula is C11H11Br3O2. The maximum absolute atomic E-state index is 11.3. The summed E-state index contributed by atoms with van der Waals surface area (Å²) in [6.07, 6.45) is 0.578. The van der Waals surface area contributed by atoms with E-state index in [-0.39, 0.29) is 10.8 Å². The standard InChI is InChI=1S/C11H11Br3O2/c1-6-3-8(12)7(9(13)4-6)5-10(14)11(15)16-2/h3-4,10H,5H2,1-2H3. The topological polar surface area (TPSA) is 26.3 Å². The molecular weight excluding hydrogens is 404 g/mol. The van der Waals surface area contributed by atoms with Gasteiger partial charge in [0.05, 0.1) is 7.11 Å². The van der Waals surface area contributed by atoms with Crippen molar-refractivity contribution in [1.82, 2.24) is 0 Å². The molecule has 0 aliphatic rings. The average molecular weight is 415 g/mol. The molecule has 0 heterocycles. The van der Waals surface area contributed by atoms with Crippen LogP contribution in [0.1, 0.15) is 11.1 Å². The molecule has 16 heavy (non-hydrogen) atoms. The van der Waals surface area contributed by atoms with Crippen LogP contribution >= 0.6 is 47.8 Å². The number of rotatable bonds is 3. The van der Waals surface area contributed by atoms with E-state index in [2.05, 4.69) is 52.5 Å². The Morgan fingerprint density at radius 1 is 1.38 bits per heavy atom. The summed E-state index contributed by atoms with van der Waals surface area (Å²) in [6, 6.07) is 4.05. The second-order valence-electron chi connectivity index (χ2n) is 3.40. The third-order valence-electron chi connectivity index (χ3n) is 2.13. The van der Waals surface area contributed by atoms with Crippen LogP contribution in [0.2, 0.25) is 0 Å². The zero-order valence-electron chi connectivity index (χ0n) is 8.89. The van der Waals surface area contributed by atoms with E-state index in [1.54, 1.807) is 0 Å². The normalized spacial score (nSPS) is 12.3. The minimum Gasteiger partial charge on any atom is -0.468 e. The molecule has 0 fully saturated rings. The van der Waals surface area contributed by atoms with E-state index >= 15 is 0 Å². The Kier molecular flexibility index (Phi) is 5.47. The van der Waals surface area contributed by atoms with E-state index in [0.29, 0.717) is 6.42 Å². The predicted octanol–water partition coefficient (Wildman–Crippen LogP) is 4.00. The van der Waals surface area contributed by atoms with Gasteiger partial charge >= 0.3 is 5.97 Å². The Hall–Kier alpha value is 0.130. The Labute approximate surface area is 120 Å². The van der Waals surface area contributed by atoms with Crippen molar-refractivity contribution in [2.24, 2.45) is 0 Å². The second-order valence-corrected chi connectivity index (χ2v) is 6.22. The van der Waals surface area contributed by atoms with Crippen molar-refractivity contribution in [3.63, 3.8) is 0 Å². The number of halogens is 3. The van der Waals surface area contributed by atoms with Gasteiger partial charge in [0.1, 0.15) is 4.83 Å². The summed E-state index contributed by atoms with van der Waals surface area (Å²) in [5.41, 5.74) is 2.21. The Morgan fingerprint density at radius 3 is 2.31 bits per heavy atom. The van der Waals surface area contributed by atoms with Gasteiger partial charge in [-0.15, -0.1) is 0 Å². The number of ether oxygens (including phenoxy) is 1. The minimum absolute atomic E-state index is 0.264. The molecule has 88 valence electrons. The largest absolute Gasteiger partial charge is 0.468 e. The predicted molar refractivity (Wildman–Crippen MR) is 75.0 cm³/mol. The smallest absolute Gasteiger partial charge is 0.319 e. The maximum Gasteiger partial charge on any atom is 0.319 e. The van der Waals surface area contributed by atoms with Gasteiger partial charge in [0, 0.05) is 8.95 Å². The summed E-state index contributed by atoms with van der Waals surface area (Å²) in [5, 5.41) is 0. The Balaban J connectivity index is 2.93. The van der Waals surface area contributed by atoms with Gasteiger partial charge in [-0.1, -0.05) is 47.8 Å². The fraction of sp³-hybridized carbons (Fsp3) is 0.364. The van der Waals surface area contributed by atoms with Gasteiger partial charge in [-0.3, -0.25) is 4.79 Å². The van der Waals surface area contributed by atoms with Crippen molar-refractivity contribution >= 4 is 53.8 Å². The fourth-order valence-electron chi connectivity index (χ4n) is 1.32. The van der Waals surface area contributed by atoms with Crippen molar-refractivity contribution in [3.8, 4) is 0 Å². The van der Waals surface area contributed by atoms with Crippen LogP contribution in [0.3, 0.4) is 0 Å². The summed E-state index contributed by atoms with van der Waals surface area (Å²) in [7, 11) is 1.38. The maximum atomic E-state index is 11.3. The molecule has 1 unspecified atom stereocenters. The molecule has 1 aromatic rings. The molecule has 1 aromatic carbocycles. The van der Waals surface area contributed by atoms with Gasteiger partial charge in [0.25, 0.3) is 0 Å². The third-order valence-corrected chi connectivity index (χ3v) is 4.24. The van der Waals surface area contributed by atoms with Gasteiger partial charge in [0.2, 0.25) is 0 Å². The summed E-state index contributed by atoms with van der Waals surface area (Å²) in [5.74, 6) is -0.264. The average Bonchev–Trinajstić information content (AvgIpc) is 2.21. The number of carbonyl (C=O) groups excluding carboxylic acids is 1. The highest BCUT2D eigenvalue weighted by Crippen LogP contribution is 2.29. The van der Waals surface area contributed by atoms with Crippen LogP contribution in [0.5, 0.6) is 0 Å². The molecule has 0 aliphatic heterocycles. The van der Waals surface area contributed by atoms with Crippen LogP contribution < -0.4 is 0 Å². The van der Waals surface area contributed by atoms with E-state index in [1.165, 1.54) is 7.11 Å². The van der Waals surface area contributed by atoms with Crippen molar-refractivity contribution in [2.75, 3.05) is 7.11 Å². The zero-order valence-corrected chi connectivity index (χ0v) is 13.6. The molecule has 0 N–H and O–H groups in total. The molecule has 0 aromatic heterocycles. The number of aryl methyl sites for hydroxylation is 1. The number of methoxy groups -OCH3 is 1. The Bertz CT molecular complexity index is 381. The lowest BCUT2D eigenvalue weighted by Gasteiger charge is -2.12. The number of carbonyl (C=O) groups is 1. The first kappa shape index (κ1) is 14.2. The van der Waals surface area contributed by atoms with Crippen molar-refractivity contribution in [1.29, 1.82) is 0 Å². The highest BCUT2D eigenvalue weighted by molar-refractivity contribution is 9.11. The molecule has 2 nitrogen and oxygen atoms in total. The first-order valence-corrected chi connectivity index (χ1v) is 7.12. The number of benzene rings is 1. The van der Waals surface area contributed by atoms with Crippen molar-refractivity contribution < 1.29 is 9.53 Å². The molecule has 0 bridgehead atoms. The highest BCUT2D eigenvalue weighted by Gasteiger charge is 2.18. The molecule has 5 heteroatoms. The molecule has 1 atom stereocenters. The van der Waals surface area contributed by atoms with Gasteiger partial charge in [-0.25, -0.2) is 0 Å². The minimum atomic E-state index is -0.326. The fourth-order valence-corrected chi connectivity index (χ4v) is 3.56. The molecule has 0 saturated heterocycles. The van der Waals surface area contributed by atoms with Crippen LogP contribution in [-0.2, 0) is 16.0 Å². The monoisotopic (exact) mass is 412 g/mol. The lowest BCUT2D eigenvalue weighted by Crippen LogP contribution is -2.18. The van der Waals surface area contributed by atoms with E-state index in [9.17, 15) is 4.79 Å². The second kappa shape index (κ2) is 6.17. The number of hydrogen-bond acceptors (Lipinski definition) is 2. The van der Waals surface area contributed by atoms with Crippen LogP contribution in [0.15, 0.2) is 21.1 Å². The first-order valence-electron chi connectivity index (χ1n) is 4.62. The number of esters is 1. The van der Waals surface area contributed by atoms with E-state index < -0.39 is 0 Å². The number of hydrogen-bond donors (Lipinski definition) is 0. The van der Waals surface area contributed by atoms with Gasteiger partial charge in [0.15, 0.2) is 0 Å². The van der Waals surface area contributed by atoms with Crippen molar-refractivity contribution in [3.05, 3.63) is 32.2 Å². The zero-order chi connectivity index (χ0) is 12.3. The van der Waals surface area contributed by atoms with Gasteiger partial charge < -0.3 is 4.74 Å². The quantitative estimate of drug-likeness (QED) is 0.552. The SMILES string of the molecule is COC(=O)C(Br)Cc1c(Br)cc(C)cc1Br. The van der Waals surface area contributed by atoms with Crippen LogP contribution in [0, 0.1) is 6.92 Å². The summed E-state index contributed by atoms with van der Waals surface area (Å²) in [4.78, 5) is 11.0. The molecule has 0 aliphatic carbocycles.